The zero-order chi connectivity index (χ0) is 20.4. The minimum Gasteiger partial charge on any atom is -0.338 e. The van der Waals surface area contributed by atoms with Crippen molar-refractivity contribution in [2.45, 2.75) is 19.9 Å². The molecule has 29 heavy (non-hydrogen) atoms. The number of anilines is 2. The normalized spacial score (nSPS) is 17.1. The third kappa shape index (κ3) is 4.10. The van der Waals surface area contributed by atoms with Crippen LogP contribution in [0.4, 0.5) is 20.6 Å². The van der Waals surface area contributed by atoms with Crippen molar-refractivity contribution in [3.63, 3.8) is 0 Å². The molecule has 0 bridgehead atoms. The van der Waals surface area contributed by atoms with Gasteiger partial charge in [0, 0.05) is 24.7 Å². The molecule has 0 saturated carbocycles. The number of hydrogen-bond donors (Lipinski definition) is 3. The Morgan fingerprint density at radius 2 is 1.83 bits per heavy atom. The largest absolute Gasteiger partial charge is 0.338 e. The second-order valence-corrected chi connectivity index (χ2v) is 7.72. The first-order valence-corrected chi connectivity index (χ1v) is 9.95. The first kappa shape index (κ1) is 19.4. The number of carbonyl (C=O) groups is 2. The van der Waals surface area contributed by atoms with E-state index in [9.17, 15) is 14.0 Å². The number of nitrogens with one attached hydrogen (secondary N) is 3. The van der Waals surface area contributed by atoms with Crippen LogP contribution in [0.3, 0.4) is 0 Å². The fourth-order valence-corrected chi connectivity index (χ4v) is 3.91. The summed E-state index contributed by atoms with van der Waals surface area (Å²) in [6.45, 7) is 4.99. The average molecular weight is 396 g/mol. The maximum atomic E-state index is 13.7. The lowest BCUT2D eigenvalue weighted by atomic mass is 9.87. The number of benzene rings is 2. The lowest BCUT2D eigenvalue weighted by Gasteiger charge is -2.37. The molecule has 0 aromatic heterocycles. The molecule has 3 N–H and O–H groups in total. The predicted molar refractivity (Wildman–Crippen MR) is 110 cm³/mol. The Morgan fingerprint density at radius 1 is 1.10 bits per heavy atom. The molecule has 1 saturated heterocycles. The Bertz CT molecular complexity index is 929. The lowest BCUT2D eigenvalue weighted by Crippen LogP contribution is -2.51. The molecule has 3 amide bonds. The molecule has 0 spiro atoms. The molecule has 1 atom stereocenters. The summed E-state index contributed by atoms with van der Waals surface area (Å²) in [6.07, 6.45) is 0.673. The molecule has 6 nitrogen and oxygen atoms in total. The zero-order valence-electron chi connectivity index (χ0n) is 16.4. The van der Waals surface area contributed by atoms with Crippen molar-refractivity contribution in [2.24, 2.45) is 11.8 Å². The molecule has 0 radical (unpaired) electrons. The van der Waals surface area contributed by atoms with E-state index >= 15 is 0 Å². The van der Waals surface area contributed by atoms with Gasteiger partial charge in [0.05, 0.1) is 5.69 Å². The summed E-state index contributed by atoms with van der Waals surface area (Å²) in [4.78, 5) is 27.1. The number of rotatable bonds is 4. The van der Waals surface area contributed by atoms with Crippen molar-refractivity contribution >= 4 is 23.3 Å². The molecular formula is C22H25FN4O2. The summed E-state index contributed by atoms with van der Waals surface area (Å²) < 4.78 is 13.7. The summed E-state index contributed by atoms with van der Waals surface area (Å²) in [5.74, 6) is 0.144. The van der Waals surface area contributed by atoms with E-state index in [0.717, 1.165) is 24.2 Å². The Hall–Kier alpha value is -2.93. The lowest BCUT2D eigenvalue weighted by molar-refractivity contribution is -0.138. The van der Waals surface area contributed by atoms with E-state index < -0.39 is 11.8 Å². The van der Waals surface area contributed by atoms with Crippen LogP contribution in [0, 0.1) is 17.7 Å². The molecule has 4 rings (SSSR count). The highest BCUT2D eigenvalue weighted by molar-refractivity contribution is 6.00. The summed E-state index contributed by atoms with van der Waals surface area (Å²) in [7, 11) is 0. The van der Waals surface area contributed by atoms with Gasteiger partial charge in [-0.05, 0) is 54.8 Å². The van der Waals surface area contributed by atoms with E-state index in [1.54, 1.807) is 12.1 Å². The number of fused-ring (bicyclic) bond motifs is 1. The number of nitrogens with zero attached hydrogens (tertiary/aromatic N) is 1. The molecule has 2 aromatic carbocycles. The first-order chi connectivity index (χ1) is 14.0. The van der Waals surface area contributed by atoms with E-state index in [0.29, 0.717) is 31.1 Å². The second-order valence-electron chi connectivity index (χ2n) is 7.72. The van der Waals surface area contributed by atoms with Gasteiger partial charge in [-0.2, -0.15) is 0 Å². The maximum absolute atomic E-state index is 13.7. The Balaban J connectivity index is 1.43. The van der Waals surface area contributed by atoms with E-state index in [1.807, 2.05) is 30.0 Å². The quantitative estimate of drug-likeness (QED) is 0.743. The minimum atomic E-state index is -0.492. The van der Waals surface area contributed by atoms with Crippen LogP contribution in [0.2, 0.25) is 0 Å². The molecule has 7 heteroatoms. The number of amides is 3. The van der Waals surface area contributed by atoms with Crippen molar-refractivity contribution in [1.82, 2.24) is 10.2 Å². The van der Waals surface area contributed by atoms with Gasteiger partial charge in [0.1, 0.15) is 5.82 Å². The first-order valence-electron chi connectivity index (χ1n) is 9.95. The Morgan fingerprint density at radius 3 is 2.55 bits per heavy atom. The van der Waals surface area contributed by atoms with Gasteiger partial charge in [-0.1, -0.05) is 31.2 Å². The van der Waals surface area contributed by atoms with Crippen molar-refractivity contribution in [1.29, 1.82) is 0 Å². The SMILES string of the molecule is CC(C(=O)N1CCc2c(cccc2NC(=O)Nc2ccccc2F)C1)C1CNC1. The van der Waals surface area contributed by atoms with Crippen molar-refractivity contribution in [2.75, 3.05) is 30.3 Å². The highest BCUT2D eigenvalue weighted by Gasteiger charge is 2.33. The van der Waals surface area contributed by atoms with Crippen LogP contribution in [-0.2, 0) is 17.8 Å². The number of carbonyl (C=O) groups excluding carboxylic acids is 2. The van der Waals surface area contributed by atoms with Gasteiger partial charge >= 0.3 is 6.03 Å². The van der Waals surface area contributed by atoms with Crippen molar-refractivity contribution in [3.8, 4) is 0 Å². The topological polar surface area (TPSA) is 73.5 Å². The Kier molecular flexibility index (Phi) is 5.49. The van der Waals surface area contributed by atoms with E-state index in [2.05, 4.69) is 16.0 Å². The number of para-hydroxylation sites is 1. The summed E-state index contributed by atoms with van der Waals surface area (Å²) in [5, 5.41) is 8.58. The second kappa shape index (κ2) is 8.21. The van der Waals surface area contributed by atoms with E-state index in [1.165, 1.54) is 12.1 Å². The highest BCUT2D eigenvalue weighted by atomic mass is 19.1. The summed E-state index contributed by atoms with van der Waals surface area (Å²) in [6, 6.07) is 11.2. The standard InChI is InChI=1S/C22H25FN4O2/c1-14(16-11-24-12-16)21(28)27-10-9-17-15(13-27)5-4-8-19(17)25-22(29)26-20-7-3-2-6-18(20)23/h2-8,14,16,24H,9-13H2,1H3,(H2,25,26,29). The van der Waals surface area contributed by atoms with Crippen LogP contribution in [0.25, 0.3) is 0 Å². The van der Waals surface area contributed by atoms with Crippen molar-refractivity contribution in [3.05, 3.63) is 59.4 Å². The number of halogens is 1. The minimum absolute atomic E-state index is 0.0191. The molecule has 2 heterocycles. The summed E-state index contributed by atoms with van der Waals surface area (Å²) >= 11 is 0. The maximum Gasteiger partial charge on any atom is 0.323 e. The summed E-state index contributed by atoms with van der Waals surface area (Å²) in [5.41, 5.74) is 2.89. The van der Waals surface area contributed by atoms with Gasteiger partial charge in [0.25, 0.3) is 0 Å². The highest BCUT2D eigenvalue weighted by Crippen LogP contribution is 2.28. The van der Waals surface area contributed by atoms with Gasteiger partial charge < -0.3 is 20.9 Å². The van der Waals surface area contributed by atoms with Crippen LogP contribution in [0.1, 0.15) is 18.1 Å². The van der Waals surface area contributed by atoms with Gasteiger partial charge in [0.15, 0.2) is 0 Å². The zero-order valence-corrected chi connectivity index (χ0v) is 16.4. The monoisotopic (exact) mass is 396 g/mol. The third-order valence-corrected chi connectivity index (χ3v) is 5.86. The molecule has 1 fully saturated rings. The fraction of sp³-hybridized carbons (Fsp3) is 0.364. The number of urea groups is 1. The van der Waals surface area contributed by atoms with Crippen molar-refractivity contribution < 1.29 is 14.0 Å². The predicted octanol–water partition coefficient (Wildman–Crippen LogP) is 3.21. The molecule has 2 aliphatic rings. The molecular weight excluding hydrogens is 371 g/mol. The molecule has 2 aliphatic heterocycles. The smallest absolute Gasteiger partial charge is 0.323 e. The third-order valence-electron chi connectivity index (χ3n) is 5.86. The van der Waals surface area contributed by atoms with Crippen LogP contribution in [-0.4, -0.2) is 36.5 Å². The van der Waals surface area contributed by atoms with Crippen LogP contribution < -0.4 is 16.0 Å². The Labute approximate surface area is 169 Å². The molecule has 152 valence electrons. The van der Waals surface area contributed by atoms with Gasteiger partial charge in [-0.15, -0.1) is 0 Å². The van der Waals surface area contributed by atoms with E-state index in [-0.39, 0.29) is 17.5 Å². The van der Waals surface area contributed by atoms with Crippen LogP contribution in [0.15, 0.2) is 42.5 Å². The average Bonchev–Trinajstić information content (AvgIpc) is 2.67. The van der Waals surface area contributed by atoms with Gasteiger partial charge in [-0.25, -0.2) is 9.18 Å². The molecule has 0 aliphatic carbocycles. The fourth-order valence-electron chi connectivity index (χ4n) is 3.91. The van der Waals surface area contributed by atoms with Gasteiger partial charge in [0.2, 0.25) is 5.91 Å². The van der Waals surface area contributed by atoms with E-state index in [4.69, 9.17) is 0 Å². The molecule has 1 unspecified atom stereocenters. The van der Waals surface area contributed by atoms with Crippen LogP contribution >= 0.6 is 0 Å². The van der Waals surface area contributed by atoms with Gasteiger partial charge in [-0.3, -0.25) is 4.79 Å². The van der Waals surface area contributed by atoms with Crippen LogP contribution in [0.5, 0.6) is 0 Å². The molecule has 2 aromatic rings. The number of hydrogen-bond acceptors (Lipinski definition) is 3.